The number of likely N-dealkylation sites (tertiary alicyclic amines) is 1. The number of nitrogens with zero attached hydrogens (tertiary/aromatic N) is 3. The molecule has 1 aliphatic rings. The highest BCUT2D eigenvalue weighted by molar-refractivity contribution is 5.72. The van der Waals surface area contributed by atoms with Gasteiger partial charge in [0.2, 0.25) is 0 Å². The molecule has 2 unspecified atom stereocenters. The first kappa shape index (κ1) is 32.4. The second-order valence-electron chi connectivity index (χ2n) is 12.1. The van der Waals surface area contributed by atoms with Crippen LogP contribution in [0.3, 0.4) is 0 Å². The van der Waals surface area contributed by atoms with Crippen molar-refractivity contribution in [2.75, 3.05) is 26.2 Å². The van der Waals surface area contributed by atoms with Crippen LogP contribution in [-0.2, 0) is 11.2 Å². The first-order valence-electron chi connectivity index (χ1n) is 14.8. The van der Waals surface area contributed by atoms with E-state index in [4.69, 9.17) is 0 Å². The standard InChI is InChI=1S/C33H41F3N4O3/c1-19(2)11-26(40-33(43)22(5)12-25(38-40)9-10-39-17-24(34)18-39)16-37-29(15-30(41)42)27-13-23(14-28(35)32(27)36)31-20(3)7-6-8-21(31)4/h6-8,12-14,19,24,26,29,37H,9-11,15-18H2,1-5H3,(H,41,42). The Morgan fingerprint density at radius 1 is 1.09 bits per heavy atom. The van der Waals surface area contributed by atoms with Crippen LogP contribution >= 0.6 is 0 Å². The molecule has 0 saturated carbocycles. The van der Waals surface area contributed by atoms with Crippen LogP contribution in [-0.4, -0.2) is 58.1 Å². The van der Waals surface area contributed by atoms with Gasteiger partial charge < -0.3 is 10.4 Å². The quantitative estimate of drug-likeness (QED) is 0.263. The number of benzene rings is 2. The number of alkyl halides is 1. The van der Waals surface area contributed by atoms with Crippen molar-refractivity contribution in [3.63, 3.8) is 0 Å². The van der Waals surface area contributed by atoms with Gasteiger partial charge in [0.25, 0.3) is 5.56 Å². The van der Waals surface area contributed by atoms with E-state index in [0.29, 0.717) is 49.3 Å². The monoisotopic (exact) mass is 598 g/mol. The number of aryl methyl sites for hydroxylation is 3. The smallest absolute Gasteiger partial charge is 0.305 e. The highest BCUT2D eigenvalue weighted by Crippen LogP contribution is 2.33. The molecule has 1 saturated heterocycles. The molecule has 0 spiro atoms. The van der Waals surface area contributed by atoms with E-state index in [1.807, 2.05) is 50.8 Å². The van der Waals surface area contributed by atoms with Gasteiger partial charge in [-0.1, -0.05) is 32.0 Å². The highest BCUT2D eigenvalue weighted by Gasteiger charge is 2.27. The number of carbonyl (C=O) groups is 1. The average Bonchev–Trinajstić information content (AvgIpc) is 2.90. The van der Waals surface area contributed by atoms with E-state index < -0.39 is 42.3 Å². The molecule has 10 heteroatoms. The zero-order valence-corrected chi connectivity index (χ0v) is 25.5. The van der Waals surface area contributed by atoms with Crippen molar-refractivity contribution in [1.82, 2.24) is 20.0 Å². The Bertz CT molecular complexity index is 1500. The van der Waals surface area contributed by atoms with Gasteiger partial charge in [0.1, 0.15) is 6.17 Å². The first-order valence-corrected chi connectivity index (χ1v) is 14.8. The molecule has 0 radical (unpaired) electrons. The molecule has 0 aliphatic carbocycles. The molecular formula is C33H41F3N4O3. The number of rotatable bonds is 13. The molecule has 1 fully saturated rings. The number of halogens is 3. The molecule has 2 aromatic carbocycles. The summed E-state index contributed by atoms with van der Waals surface area (Å²) in [6.07, 6.45) is -0.207. The number of hydrogen-bond donors (Lipinski definition) is 2. The summed E-state index contributed by atoms with van der Waals surface area (Å²) in [6, 6.07) is 8.51. The van der Waals surface area contributed by atoms with Gasteiger partial charge in [0, 0.05) is 49.8 Å². The van der Waals surface area contributed by atoms with Crippen molar-refractivity contribution in [2.45, 2.75) is 72.1 Å². The lowest BCUT2D eigenvalue weighted by molar-refractivity contribution is -0.137. The third-order valence-electron chi connectivity index (χ3n) is 8.03. The Kier molecular flexibility index (Phi) is 10.4. The summed E-state index contributed by atoms with van der Waals surface area (Å²) in [4.78, 5) is 27.1. The lowest BCUT2D eigenvalue weighted by Crippen LogP contribution is -2.49. The Labute approximate surface area is 250 Å². The Balaban J connectivity index is 1.66. The van der Waals surface area contributed by atoms with Crippen LogP contribution in [0.25, 0.3) is 11.1 Å². The molecule has 3 aromatic rings. The largest absolute Gasteiger partial charge is 0.481 e. The van der Waals surface area contributed by atoms with Crippen molar-refractivity contribution in [2.24, 2.45) is 5.92 Å². The van der Waals surface area contributed by atoms with E-state index in [1.54, 1.807) is 13.0 Å². The fourth-order valence-corrected chi connectivity index (χ4v) is 5.87. The summed E-state index contributed by atoms with van der Waals surface area (Å²) in [5, 5.41) is 17.5. The molecule has 0 amide bonds. The summed E-state index contributed by atoms with van der Waals surface area (Å²) in [5.41, 5.74) is 3.85. The van der Waals surface area contributed by atoms with Crippen molar-refractivity contribution in [3.8, 4) is 11.1 Å². The first-order chi connectivity index (χ1) is 20.3. The third kappa shape index (κ3) is 7.92. The number of carboxylic acid groups (broad SMARTS) is 1. The van der Waals surface area contributed by atoms with Gasteiger partial charge in [-0.25, -0.2) is 17.9 Å². The fraction of sp³-hybridized carbons (Fsp3) is 0.485. The van der Waals surface area contributed by atoms with Crippen LogP contribution in [0.1, 0.15) is 66.7 Å². The number of aromatic nitrogens is 2. The van der Waals surface area contributed by atoms with Gasteiger partial charge >= 0.3 is 5.97 Å². The van der Waals surface area contributed by atoms with Crippen LogP contribution < -0.4 is 10.9 Å². The van der Waals surface area contributed by atoms with Crippen LogP contribution in [0.2, 0.25) is 0 Å². The summed E-state index contributed by atoms with van der Waals surface area (Å²) in [7, 11) is 0. The van der Waals surface area contributed by atoms with Crippen molar-refractivity contribution in [1.29, 1.82) is 0 Å². The summed E-state index contributed by atoms with van der Waals surface area (Å²) < 4.78 is 45.0. The number of aliphatic carboxylic acids is 1. The highest BCUT2D eigenvalue weighted by atomic mass is 19.2. The van der Waals surface area contributed by atoms with Gasteiger partial charge in [-0.2, -0.15) is 5.10 Å². The maximum atomic E-state index is 15.3. The molecule has 7 nitrogen and oxygen atoms in total. The maximum Gasteiger partial charge on any atom is 0.305 e. The molecule has 232 valence electrons. The zero-order chi connectivity index (χ0) is 31.4. The molecule has 4 rings (SSSR count). The second-order valence-corrected chi connectivity index (χ2v) is 12.1. The SMILES string of the molecule is Cc1cccc(C)c1-c1cc(F)c(F)c(C(CC(=O)O)NCC(CC(C)C)n2nc(CCN3CC(F)C3)cc(C)c2=O)c1. The molecule has 2 heterocycles. The molecule has 2 N–H and O–H groups in total. The van der Waals surface area contributed by atoms with E-state index in [0.717, 1.165) is 22.8 Å². The lowest BCUT2D eigenvalue weighted by Gasteiger charge is -2.34. The van der Waals surface area contributed by atoms with Gasteiger partial charge in [-0.15, -0.1) is 0 Å². The van der Waals surface area contributed by atoms with Crippen molar-refractivity contribution in [3.05, 3.63) is 86.3 Å². The zero-order valence-electron chi connectivity index (χ0n) is 25.5. The van der Waals surface area contributed by atoms with Gasteiger partial charge in [0.05, 0.1) is 18.2 Å². The van der Waals surface area contributed by atoms with Crippen LogP contribution in [0, 0.1) is 38.3 Å². The van der Waals surface area contributed by atoms with Crippen LogP contribution in [0.15, 0.2) is 41.2 Å². The van der Waals surface area contributed by atoms with Crippen molar-refractivity contribution < 1.29 is 23.1 Å². The minimum atomic E-state index is -1.18. The minimum absolute atomic E-state index is 0.0886. The number of hydrogen-bond acceptors (Lipinski definition) is 5. The minimum Gasteiger partial charge on any atom is -0.481 e. The second kappa shape index (κ2) is 13.9. The van der Waals surface area contributed by atoms with E-state index in [-0.39, 0.29) is 23.6 Å². The normalized spacial score (nSPS) is 15.5. The van der Waals surface area contributed by atoms with Crippen LogP contribution in [0.5, 0.6) is 0 Å². The van der Waals surface area contributed by atoms with Crippen LogP contribution in [0.4, 0.5) is 13.2 Å². The Morgan fingerprint density at radius 3 is 2.37 bits per heavy atom. The number of carboxylic acids is 1. The third-order valence-corrected chi connectivity index (χ3v) is 8.03. The predicted molar refractivity (Wildman–Crippen MR) is 161 cm³/mol. The molecule has 1 aromatic heterocycles. The molecule has 0 bridgehead atoms. The maximum absolute atomic E-state index is 15.3. The average molecular weight is 599 g/mol. The Morgan fingerprint density at radius 2 is 1.77 bits per heavy atom. The fourth-order valence-electron chi connectivity index (χ4n) is 5.87. The van der Waals surface area contributed by atoms with E-state index in [9.17, 15) is 19.1 Å². The van der Waals surface area contributed by atoms with E-state index in [2.05, 4.69) is 10.4 Å². The topological polar surface area (TPSA) is 87.5 Å². The summed E-state index contributed by atoms with van der Waals surface area (Å²) >= 11 is 0. The van der Waals surface area contributed by atoms with Crippen molar-refractivity contribution >= 4 is 5.97 Å². The van der Waals surface area contributed by atoms with Gasteiger partial charge in [0.15, 0.2) is 11.6 Å². The van der Waals surface area contributed by atoms with Gasteiger partial charge in [-0.05, 0) is 73.6 Å². The lowest BCUT2D eigenvalue weighted by atomic mass is 9.92. The molecule has 43 heavy (non-hydrogen) atoms. The van der Waals surface area contributed by atoms with Gasteiger partial charge in [-0.3, -0.25) is 14.5 Å². The molecular weight excluding hydrogens is 557 g/mol. The summed E-state index contributed by atoms with van der Waals surface area (Å²) in [6.45, 7) is 11.0. The molecule has 1 aliphatic heterocycles. The molecule has 2 atom stereocenters. The van der Waals surface area contributed by atoms with E-state index >= 15 is 8.78 Å². The van der Waals surface area contributed by atoms with E-state index in [1.165, 1.54) is 10.7 Å². The summed E-state index contributed by atoms with van der Waals surface area (Å²) in [5.74, 6) is -3.19. The Hall–Kier alpha value is -3.50. The number of nitrogens with one attached hydrogen (secondary N) is 1. The predicted octanol–water partition coefficient (Wildman–Crippen LogP) is 5.70.